The van der Waals surface area contributed by atoms with Gasteiger partial charge in [-0.25, -0.2) is 0 Å². The maximum atomic E-state index is 13.9. The van der Waals surface area contributed by atoms with Crippen molar-refractivity contribution in [2.75, 3.05) is 40.3 Å². The number of ether oxygens (including phenoxy) is 2. The van der Waals surface area contributed by atoms with E-state index in [0.29, 0.717) is 6.42 Å². The number of carbonyl (C=O) groups is 7. The van der Waals surface area contributed by atoms with E-state index >= 15 is 0 Å². The third-order valence-electron chi connectivity index (χ3n) is 6.92. The Labute approximate surface area is 316 Å². The van der Waals surface area contributed by atoms with Gasteiger partial charge in [0.15, 0.2) is 11.9 Å². The average molecular weight is 772 g/mol. The number of carbonyl (C=O) groups excluding carboxylic acids is 6. The molecule has 0 aliphatic rings. The first-order valence-corrected chi connectivity index (χ1v) is 17.5. The first kappa shape index (κ1) is 48.8. The molecule has 1 unspecified atom stereocenters. The van der Waals surface area contributed by atoms with Crippen LogP contribution in [0, 0.1) is 10.8 Å². The van der Waals surface area contributed by atoms with Crippen molar-refractivity contribution >= 4 is 53.4 Å². The van der Waals surface area contributed by atoms with E-state index in [2.05, 4.69) is 47.9 Å². The molecule has 0 saturated heterocycles. The molecule has 12 N–H and O–H groups in total. The molecule has 0 fully saturated rings. The van der Waals surface area contributed by atoms with Crippen LogP contribution in [0.2, 0.25) is 0 Å². The fourth-order valence-electron chi connectivity index (χ4n) is 4.38. The Morgan fingerprint density at radius 3 is 1.50 bits per heavy atom. The van der Waals surface area contributed by atoms with Crippen LogP contribution in [0.1, 0.15) is 80.6 Å². The number of carboxylic acids is 1. The second-order valence-electron chi connectivity index (χ2n) is 14.2. The quantitative estimate of drug-likeness (QED) is 0.0239. The molecule has 0 aromatic heterocycles. The Balaban J connectivity index is 6.47. The van der Waals surface area contributed by atoms with Crippen LogP contribution in [-0.4, -0.2) is 134 Å². The van der Waals surface area contributed by atoms with E-state index in [1.807, 2.05) is 0 Å². The molecule has 0 bridgehead atoms. The second-order valence-corrected chi connectivity index (χ2v) is 14.2. The predicted molar refractivity (Wildman–Crippen MR) is 198 cm³/mol. The SMILES string of the molecule is CNC(=N)NCCC[C@H](NC(C)=O)C(=O)NC(CC(=O)OC(C)(C)C)C(=O)N[C@@H](CCCNC(=N)NC)C(=O)N[C@@H](COC(C)(C)C)C(=O)NCC(=O)O. The van der Waals surface area contributed by atoms with E-state index in [4.69, 9.17) is 25.4 Å². The topological polar surface area (TPSA) is 314 Å². The molecule has 5 amide bonds. The Hall–Kier alpha value is -5.21. The molecule has 0 aliphatic heterocycles. The number of aliphatic carboxylic acids is 1. The molecular weight excluding hydrogens is 710 g/mol. The van der Waals surface area contributed by atoms with E-state index in [0.717, 1.165) is 0 Å². The van der Waals surface area contributed by atoms with Crippen molar-refractivity contribution in [1.29, 1.82) is 10.8 Å². The van der Waals surface area contributed by atoms with E-state index in [1.165, 1.54) is 14.0 Å². The third-order valence-corrected chi connectivity index (χ3v) is 6.92. The molecule has 0 aromatic carbocycles. The first-order chi connectivity index (χ1) is 25.0. The summed E-state index contributed by atoms with van der Waals surface area (Å²) in [6.45, 7) is 10.6. The van der Waals surface area contributed by atoms with E-state index in [9.17, 15) is 33.6 Å². The molecule has 54 heavy (non-hydrogen) atoms. The molecule has 0 spiro atoms. The number of rotatable bonds is 22. The summed E-state index contributed by atoms with van der Waals surface area (Å²) in [5.41, 5.74) is -1.70. The summed E-state index contributed by atoms with van der Waals surface area (Å²) in [6.07, 6.45) is -0.0765. The minimum Gasteiger partial charge on any atom is -0.480 e. The van der Waals surface area contributed by atoms with E-state index < -0.39 is 89.8 Å². The minimum absolute atomic E-state index is 0.000490. The van der Waals surface area contributed by atoms with Crippen molar-refractivity contribution in [2.24, 2.45) is 0 Å². The third kappa shape index (κ3) is 23.4. The van der Waals surface area contributed by atoms with E-state index in [1.54, 1.807) is 48.6 Å². The van der Waals surface area contributed by atoms with Gasteiger partial charge in [-0.15, -0.1) is 0 Å². The molecule has 308 valence electrons. The molecule has 21 heteroatoms. The van der Waals surface area contributed by atoms with Crippen LogP contribution in [0.15, 0.2) is 0 Å². The highest BCUT2D eigenvalue weighted by Gasteiger charge is 2.34. The highest BCUT2D eigenvalue weighted by Crippen LogP contribution is 2.12. The lowest BCUT2D eigenvalue weighted by molar-refractivity contribution is -0.156. The molecule has 21 nitrogen and oxygen atoms in total. The summed E-state index contributed by atoms with van der Waals surface area (Å²) in [5.74, 6) is -6.14. The van der Waals surface area contributed by atoms with Crippen LogP contribution < -0.4 is 47.9 Å². The van der Waals surface area contributed by atoms with Crippen molar-refractivity contribution < 1.29 is 48.1 Å². The van der Waals surface area contributed by atoms with Gasteiger partial charge in [-0.1, -0.05) is 0 Å². The molecule has 4 atom stereocenters. The van der Waals surface area contributed by atoms with Crippen molar-refractivity contribution in [3.05, 3.63) is 0 Å². The molecule has 0 aromatic rings. The van der Waals surface area contributed by atoms with Crippen molar-refractivity contribution in [1.82, 2.24) is 47.9 Å². The van der Waals surface area contributed by atoms with Gasteiger partial charge in [-0.3, -0.25) is 44.4 Å². The van der Waals surface area contributed by atoms with Gasteiger partial charge in [-0.2, -0.15) is 0 Å². The van der Waals surface area contributed by atoms with Crippen LogP contribution in [0.3, 0.4) is 0 Å². The number of hydrogen-bond donors (Lipinski definition) is 12. The lowest BCUT2D eigenvalue weighted by Gasteiger charge is -2.28. The smallest absolute Gasteiger partial charge is 0.322 e. The summed E-state index contributed by atoms with van der Waals surface area (Å²) in [5, 5.41) is 47.5. The number of esters is 1. The maximum Gasteiger partial charge on any atom is 0.322 e. The Kier molecular flexibility index (Phi) is 21.8. The molecular formula is C33H61N11O10. The van der Waals surface area contributed by atoms with Crippen molar-refractivity contribution in [3.8, 4) is 0 Å². The van der Waals surface area contributed by atoms with Crippen molar-refractivity contribution in [3.63, 3.8) is 0 Å². The first-order valence-electron chi connectivity index (χ1n) is 17.5. The zero-order valence-electron chi connectivity index (χ0n) is 32.8. The summed E-state index contributed by atoms with van der Waals surface area (Å²) in [4.78, 5) is 90.1. The summed E-state index contributed by atoms with van der Waals surface area (Å²) >= 11 is 0. The van der Waals surface area contributed by atoms with Crippen LogP contribution in [0.25, 0.3) is 0 Å². The Morgan fingerprint density at radius 1 is 0.630 bits per heavy atom. The van der Waals surface area contributed by atoms with Gasteiger partial charge in [-0.05, 0) is 67.2 Å². The number of hydrogen-bond acceptors (Lipinski definition) is 11. The molecule has 0 rings (SSSR count). The minimum atomic E-state index is -1.59. The van der Waals surface area contributed by atoms with E-state index in [-0.39, 0.29) is 50.9 Å². The van der Waals surface area contributed by atoms with Crippen LogP contribution in [-0.2, 0) is 43.0 Å². The van der Waals surface area contributed by atoms with Crippen LogP contribution >= 0.6 is 0 Å². The lowest BCUT2D eigenvalue weighted by atomic mass is 10.1. The normalized spacial score (nSPS) is 13.4. The van der Waals surface area contributed by atoms with Gasteiger partial charge in [0.1, 0.15) is 36.3 Å². The summed E-state index contributed by atoms with van der Waals surface area (Å²) < 4.78 is 11.1. The molecule has 0 saturated carbocycles. The van der Waals surface area contributed by atoms with Gasteiger partial charge in [0, 0.05) is 34.1 Å². The zero-order chi connectivity index (χ0) is 41.6. The summed E-state index contributed by atoms with van der Waals surface area (Å²) in [7, 11) is 3.09. The number of carboxylic acid groups (broad SMARTS) is 1. The monoisotopic (exact) mass is 771 g/mol. The Morgan fingerprint density at radius 2 is 1.07 bits per heavy atom. The highest BCUT2D eigenvalue weighted by atomic mass is 16.6. The average Bonchev–Trinajstić information content (AvgIpc) is 3.05. The van der Waals surface area contributed by atoms with Gasteiger partial charge in [0.05, 0.1) is 18.6 Å². The Bertz CT molecular complexity index is 1310. The summed E-state index contributed by atoms with van der Waals surface area (Å²) in [6, 6.07) is -5.48. The fourth-order valence-corrected chi connectivity index (χ4v) is 4.38. The number of nitrogens with one attached hydrogen (secondary N) is 11. The molecule has 0 aliphatic carbocycles. The lowest BCUT2D eigenvalue weighted by Crippen LogP contribution is -2.59. The second kappa shape index (κ2) is 24.2. The highest BCUT2D eigenvalue weighted by molar-refractivity contribution is 5.97. The van der Waals surface area contributed by atoms with Crippen molar-refractivity contribution in [2.45, 2.75) is 116 Å². The van der Waals surface area contributed by atoms with Crippen LogP contribution in [0.5, 0.6) is 0 Å². The zero-order valence-corrected chi connectivity index (χ0v) is 32.8. The fraction of sp³-hybridized carbons (Fsp3) is 0.727. The predicted octanol–water partition coefficient (Wildman–Crippen LogP) is -2.26. The van der Waals surface area contributed by atoms with Gasteiger partial charge < -0.3 is 62.4 Å². The largest absolute Gasteiger partial charge is 0.480 e. The van der Waals surface area contributed by atoms with Gasteiger partial charge in [0.25, 0.3) is 0 Å². The standard InChI is InChI=1S/C33H61N11O10/c1-19(45)41-20(12-10-14-38-30(34)36-8)27(50)43-22(16-25(48)54-33(5,6)7)29(52)42-21(13-11-15-39-31(35)37-9)28(51)44-23(18-53-32(2,3)4)26(49)40-17-24(46)47/h20-23H,10-18H2,1-9H3,(H,40,49)(H,41,45)(H,42,52)(H,43,50)(H,44,51)(H,46,47)(H3,34,36,38)(H3,35,37,39)/t20-,21-,22?,23-/m0/s1. The number of guanidine groups is 2. The van der Waals surface area contributed by atoms with Gasteiger partial charge in [0.2, 0.25) is 29.5 Å². The van der Waals surface area contributed by atoms with Gasteiger partial charge >= 0.3 is 11.9 Å². The number of amides is 5. The molecule has 0 heterocycles. The van der Waals surface area contributed by atoms with Crippen LogP contribution in [0.4, 0.5) is 0 Å². The molecule has 0 radical (unpaired) electrons. The maximum absolute atomic E-state index is 13.9.